The molecule has 0 aromatic carbocycles. The molecular formula is C17H17F3N4O2S. The van der Waals surface area contributed by atoms with Gasteiger partial charge in [0.15, 0.2) is 0 Å². The van der Waals surface area contributed by atoms with E-state index in [0.29, 0.717) is 16.9 Å². The van der Waals surface area contributed by atoms with Crippen molar-refractivity contribution in [3.63, 3.8) is 0 Å². The first-order chi connectivity index (χ1) is 12.6. The van der Waals surface area contributed by atoms with Gasteiger partial charge in [-0.2, -0.15) is 17.5 Å². The van der Waals surface area contributed by atoms with Gasteiger partial charge in [0.25, 0.3) is 0 Å². The molecule has 0 fully saturated rings. The first-order valence-electron chi connectivity index (χ1n) is 8.02. The summed E-state index contributed by atoms with van der Waals surface area (Å²) in [7, 11) is 0. The van der Waals surface area contributed by atoms with Gasteiger partial charge in [0.2, 0.25) is 5.91 Å². The fourth-order valence-electron chi connectivity index (χ4n) is 2.71. The molecule has 0 bridgehead atoms. The smallest absolute Gasteiger partial charge is 0.389 e. The van der Waals surface area contributed by atoms with Gasteiger partial charge in [-0.15, -0.1) is 0 Å². The van der Waals surface area contributed by atoms with Crippen molar-refractivity contribution in [1.29, 1.82) is 0 Å². The third kappa shape index (κ3) is 4.28. The van der Waals surface area contributed by atoms with Crippen LogP contribution in [0.3, 0.4) is 0 Å². The Balaban J connectivity index is 2.02. The molecule has 0 atom stereocenters. The van der Waals surface area contributed by atoms with E-state index in [2.05, 4.69) is 9.36 Å². The Morgan fingerprint density at radius 3 is 2.52 bits per heavy atom. The molecule has 0 radical (unpaired) electrons. The van der Waals surface area contributed by atoms with Crippen LogP contribution in [0.1, 0.15) is 31.5 Å². The van der Waals surface area contributed by atoms with E-state index < -0.39 is 17.5 Å². The number of β-amino-alcohol motifs (C(OH)–C–C–N with tert-alkyl or cyclic N) is 1. The number of aliphatic hydroxyl groups is 1. The molecule has 0 saturated carbocycles. The molecule has 1 amide bonds. The summed E-state index contributed by atoms with van der Waals surface area (Å²) in [5.74, 6) is -0.233. The maximum Gasteiger partial charge on any atom is 0.433 e. The van der Waals surface area contributed by atoms with Crippen LogP contribution >= 0.6 is 11.5 Å². The van der Waals surface area contributed by atoms with E-state index in [0.717, 1.165) is 12.3 Å². The zero-order valence-corrected chi connectivity index (χ0v) is 15.4. The molecule has 3 heterocycles. The third-order valence-corrected chi connectivity index (χ3v) is 4.35. The Labute approximate surface area is 157 Å². The first-order valence-corrected chi connectivity index (χ1v) is 8.86. The van der Waals surface area contributed by atoms with Crippen molar-refractivity contribution in [3.05, 3.63) is 47.2 Å². The number of hydrogen-bond donors (Lipinski definition) is 1. The van der Waals surface area contributed by atoms with E-state index in [-0.39, 0.29) is 18.9 Å². The molecule has 1 aliphatic rings. The minimum absolute atomic E-state index is 0.0431. The summed E-state index contributed by atoms with van der Waals surface area (Å²) in [5.41, 5.74) is -0.735. The zero-order chi connectivity index (χ0) is 19.8. The molecule has 0 aliphatic carbocycles. The fraction of sp³-hybridized carbons (Fsp3) is 0.353. The SMILES string of the molecule is CC(C)(O)CN1C(c2ccc(C(F)(F)F)nc2)=CCC(=O)N1c1cnsc1. The highest BCUT2D eigenvalue weighted by molar-refractivity contribution is 7.04. The highest BCUT2D eigenvalue weighted by Gasteiger charge is 2.35. The summed E-state index contributed by atoms with van der Waals surface area (Å²) in [5, 5.41) is 14.9. The van der Waals surface area contributed by atoms with E-state index in [9.17, 15) is 23.1 Å². The fourth-order valence-corrected chi connectivity index (χ4v) is 3.21. The number of rotatable bonds is 4. The van der Waals surface area contributed by atoms with Crippen LogP contribution in [-0.2, 0) is 11.0 Å². The summed E-state index contributed by atoms with van der Waals surface area (Å²) >= 11 is 1.17. The van der Waals surface area contributed by atoms with Gasteiger partial charge >= 0.3 is 6.18 Å². The minimum Gasteiger partial charge on any atom is -0.389 e. The lowest BCUT2D eigenvalue weighted by Crippen LogP contribution is -2.52. The molecule has 1 N–H and O–H groups in total. The highest BCUT2D eigenvalue weighted by Crippen LogP contribution is 2.33. The van der Waals surface area contributed by atoms with Crippen molar-refractivity contribution in [2.24, 2.45) is 0 Å². The molecule has 0 saturated heterocycles. The molecule has 2 aromatic heterocycles. The lowest BCUT2D eigenvalue weighted by Gasteiger charge is -2.42. The van der Waals surface area contributed by atoms with Crippen LogP contribution < -0.4 is 5.01 Å². The van der Waals surface area contributed by atoms with E-state index in [1.165, 1.54) is 28.8 Å². The predicted molar refractivity (Wildman–Crippen MR) is 94.4 cm³/mol. The number of hydrazine groups is 1. The number of carbonyl (C=O) groups excluding carboxylic acids is 1. The molecule has 2 aromatic rings. The van der Waals surface area contributed by atoms with Crippen molar-refractivity contribution >= 4 is 28.8 Å². The standard InChI is InChI=1S/C17H17F3N4O2S/c1-16(2,26)10-23-13(11-3-5-14(21-7-11)17(18,19)20)4-6-15(25)24(23)12-8-22-27-9-12/h3-5,7-9,26H,6,10H2,1-2H3. The van der Waals surface area contributed by atoms with Gasteiger partial charge in [-0.25, -0.2) is 5.01 Å². The Morgan fingerprint density at radius 2 is 2.00 bits per heavy atom. The van der Waals surface area contributed by atoms with Crippen molar-refractivity contribution < 1.29 is 23.1 Å². The second-order valence-electron chi connectivity index (χ2n) is 6.68. The van der Waals surface area contributed by atoms with E-state index in [1.54, 1.807) is 30.3 Å². The Morgan fingerprint density at radius 1 is 1.26 bits per heavy atom. The maximum absolute atomic E-state index is 12.8. The van der Waals surface area contributed by atoms with Crippen LogP contribution in [0.5, 0.6) is 0 Å². The molecule has 0 spiro atoms. The predicted octanol–water partition coefficient (Wildman–Crippen LogP) is 3.32. The first kappa shape index (κ1) is 19.3. The highest BCUT2D eigenvalue weighted by atomic mass is 32.1. The maximum atomic E-state index is 12.8. The quantitative estimate of drug-likeness (QED) is 0.856. The molecule has 27 heavy (non-hydrogen) atoms. The summed E-state index contributed by atoms with van der Waals surface area (Å²) < 4.78 is 42.3. The molecule has 3 rings (SSSR count). The summed E-state index contributed by atoms with van der Waals surface area (Å²) in [4.78, 5) is 16.0. The van der Waals surface area contributed by atoms with Gasteiger partial charge in [-0.05, 0) is 43.6 Å². The topological polar surface area (TPSA) is 69.6 Å². The van der Waals surface area contributed by atoms with Gasteiger partial charge < -0.3 is 5.11 Å². The largest absolute Gasteiger partial charge is 0.433 e. The lowest BCUT2D eigenvalue weighted by atomic mass is 10.1. The van der Waals surface area contributed by atoms with Crippen LogP contribution in [0.2, 0.25) is 0 Å². The Bertz CT molecular complexity index is 843. The van der Waals surface area contributed by atoms with Gasteiger partial charge in [0, 0.05) is 23.6 Å². The van der Waals surface area contributed by atoms with Crippen LogP contribution in [0.15, 0.2) is 36.0 Å². The van der Waals surface area contributed by atoms with Crippen LogP contribution in [0, 0.1) is 0 Å². The number of hydrogen-bond acceptors (Lipinski definition) is 6. The normalized spacial score (nSPS) is 15.9. The Hall–Kier alpha value is -2.46. The van der Waals surface area contributed by atoms with Gasteiger partial charge in [0.1, 0.15) is 5.69 Å². The number of nitrogens with zero attached hydrogens (tertiary/aromatic N) is 4. The average Bonchev–Trinajstić information content (AvgIpc) is 3.07. The molecule has 144 valence electrons. The summed E-state index contributed by atoms with van der Waals surface area (Å²) in [6.45, 7) is 3.21. The van der Waals surface area contributed by atoms with Crippen LogP contribution in [0.4, 0.5) is 18.9 Å². The number of alkyl halides is 3. The van der Waals surface area contributed by atoms with Crippen molar-refractivity contribution in [2.75, 3.05) is 11.6 Å². The minimum atomic E-state index is -4.53. The van der Waals surface area contributed by atoms with Crippen molar-refractivity contribution in [1.82, 2.24) is 14.4 Å². The molecule has 0 unspecified atom stereocenters. The number of pyridine rings is 1. The molecule has 10 heteroatoms. The number of amides is 1. The second kappa shape index (κ2) is 6.93. The van der Waals surface area contributed by atoms with Crippen molar-refractivity contribution in [2.45, 2.75) is 32.0 Å². The molecule has 1 aliphatic heterocycles. The number of aromatic nitrogens is 2. The molecule has 6 nitrogen and oxygen atoms in total. The van der Waals surface area contributed by atoms with Gasteiger partial charge in [-0.1, -0.05) is 0 Å². The average molecular weight is 398 g/mol. The third-order valence-electron chi connectivity index (χ3n) is 3.78. The number of halogens is 3. The summed E-state index contributed by atoms with van der Waals surface area (Å²) in [6, 6.07) is 2.20. The monoisotopic (exact) mass is 398 g/mol. The van der Waals surface area contributed by atoms with Gasteiger partial charge in [0.05, 0.1) is 29.7 Å². The lowest BCUT2D eigenvalue weighted by molar-refractivity contribution is -0.141. The van der Waals surface area contributed by atoms with Crippen LogP contribution in [0.25, 0.3) is 5.70 Å². The van der Waals surface area contributed by atoms with Crippen LogP contribution in [-0.4, -0.2) is 37.5 Å². The Kier molecular flexibility index (Phi) is 4.96. The van der Waals surface area contributed by atoms with Gasteiger partial charge in [-0.3, -0.25) is 14.8 Å². The number of anilines is 1. The van der Waals surface area contributed by atoms with E-state index >= 15 is 0 Å². The summed E-state index contributed by atoms with van der Waals surface area (Å²) in [6.07, 6.45) is -0.209. The van der Waals surface area contributed by atoms with E-state index in [4.69, 9.17) is 0 Å². The zero-order valence-electron chi connectivity index (χ0n) is 14.6. The molecular weight excluding hydrogens is 381 g/mol. The van der Waals surface area contributed by atoms with Crippen molar-refractivity contribution in [3.8, 4) is 0 Å². The second-order valence-corrected chi connectivity index (χ2v) is 7.34. The number of carbonyl (C=O) groups is 1. The van der Waals surface area contributed by atoms with E-state index in [1.807, 2.05) is 0 Å².